The number of carbonyl (C=O) groups excluding carboxylic acids is 1. The highest BCUT2D eigenvalue weighted by Gasteiger charge is 2.43. The first kappa shape index (κ1) is 9.93. The van der Waals surface area contributed by atoms with Crippen molar-refractivity contribution in [1.82, 2.24) is 10.3 Å². The third-order valence-electron chi connectivity index (χ3n) is 2.34. The van der Waals surface area contributed by atoms with Crippen LogP contribution in [0.2, 0.25) is 0 Å². The summed E-state index contributed by atoms with van der Waals surface area (Å²) in [5, 5.41) is 5.60. The molecule has 0 saturated heterocycles. The van der Waals surface area contributed by atoms with Crippen LogP contribution in [0.3, 0.4) is 0 Å². The van der Waals surface area contributed by atoms with Gasteiger partial charge in [-0.15, -0.1) is 22.9 Å². The quantitative estimate of drug-likeness (QED) is 0.807. The minimum Gasteiger partial charge on any atom is -0.344 e. The van der Waals surface area contributed by atoms with Crippen LogP contribution in [0.5, 0.6) is 0 Å². The summed E-state index contributed by atoms with van der Waals surface area (Å²) >= 11 is 7.24. The minimum absolute atomic E-state index is 0.104. The Labute approximate surface area is 91.5 Å². The molecule has 5 heteroatoms. The molecule has 1 amide bonds. The molecule has 1 saturated carbocycles. The number of nitrogens with zero attached hydrogens (tertiary/aromatic N) is 1. The molecule has 1 N–H and O–H groups in total. The van der Waals surface area contributed by atoms with E-state index in [1.54, 1.807) is 5.38 Å². The molecule has 0 aromatic carbocycles. The fourth-order valence-corrected chi connectivity index (χ4v) is 2.14. The fourth-order valence-electron chi connectivity index (χ4n) is 1.22. The standard InChI is InChI=1S/C9H11ClN2OS/c1-6-11-7(4-14-6)8(13)12-9(5-10)2-3-9/h4H,2-3,5H2,1H3,(H,12,13). The minimum atomic E-state index is -0.143. The maximum absolute atomic E-state index is 11.6. The summed E-state index contributed by atoms with van der Waals surface area (Å²) in [5.41, 5.74) is 0.361. The number of aromatic nitrogens is 1. The van der Waals surface area contributed by atoms with Crippen LogP contribution < -0.4 is 5.32 Å². The molecule has 1 heterocycles. The van der Waals surface area contributed by atoms with Crippen LogP contribution in [0.25, 0.3) is 0 Å². The molecule has 0 aliphatic heterocycles. The van der Waals surface area contributed by atoms with E-state index in [4.69, 9.17) is 11.6 Å². The van der Waals surface area contributed by atoms with E-state index in [1.807, 2.05) is 6.92 Å². The van der Waals surface area contributed by atoms with Crippen LogP contribution in [-0.4, -0.2) is 22.3 Å². The highest BCUT2D eigenvalue weighted by Crippen LogP contribution is 2.36. The normalized spacial score (nSPS) is 17.9. The average Bonchev–Trinajstić information content (AvgIpc) is 2.80. The number of aryl methyl sites for hydroxylation is 1. The van der Waals surface area contributed by atoms with Crippen molar-refractivity contribution in [2.45, 2.75) is 25.3 Å². The van der Waals surface area contributed by atoms with Crippen LogP contribution >= 0.6 is 22.9 Å². The van der Waals surface area contributed by atoms with Gasteiger partial charge in [0.05, 0.1) is 10.5 Å². The van der Waals surface area contributed by atoms with Crippen molar-refractivity contribution in [3.63, 3.8) is 0 Å². The molecule has 2 rings (SSSR count). The molecular formula is C9H11ClN2OS. The third kappa shape index (κ3) is 1.91. The SMILES string of the molecule is Cc1nc(C(=O)NC2(CCl)CC2)cs1. The van der Waals surface area contributed by atoms with Gasteiger partial charge in [-0.25, -0.2) is 4.98 Å². The van der Waals surface area contributed by atoms with Crippen LogP contribution in [0, 0.1) is 6.92 Å². The van der Waals surface area contributed by atoms with Gasteiger partial charge in [-0.05, 0) is 19.8 Å². The maximum Gasteiger partial charge on any atom is 0.271 e. The van der Waals surface area contributed by atoms with E-state index in [9.17, 15) is 4.79 Å². The Kier molecular flexibility index (Phi) is 2.49. The molecule has 0 bridgehead atoms. The predicted molar refractivity (Wildman–Crippen MR) is 57.0 cm³/mol. The van der Waals surface area contributed by atoms with Gasteiger partial charge in [0.1, 0.15) is 5.69 Å². The lowest BCUT2D eigenvalue weighted by Crippen LogP contribution is -2.38. The Hall–Kier alpha value is -0.610. The van der Waals surface area contributed by atoms with Crippen LogP contribution in [0.4, 0.5) is 0 Å². The Morgan fingerprint density at radius 1 is 1.79 bits per heavy atom. The van der Waals surface area contributed by atoms with Gasteiger partial charge in [-0.3, -0.25) is 4.79 Å². The lowest BCUT2D eigenvalue weighted by Gasteiger charge is -2.12. The molecule has 0 spiro atoms. The number of nitrogens with one attached hydrogen (secondary N) is 1. The van der Waals surface area contributed by atoms with Gasteiger partial charge in [0.15, 0.2) is 0 Å². The van der Waals surface area contributed by atoms with Crippen molar-refractivity contribution in [2.75, 3.05) is 5.88 Å². The molecule has 1 aromatic heterocycles. The molecule has 0 atom stereocenters. The molecule has 1 aromatic rings. The lowest BCUT2D eigenvalue weighted by atomic mass is 10.3. The molecule has 76 valence electrons. The highest BCUT2D eigenvalue weighted by molar-refractivity contribution is 7.09. The zero-order valence-corrected chi connectivity index (χ0v) is 9.41. The summed E-state index contributed by atoms with van der Waals surface area (Å²) in [6.07, 6.45) is 1.96. The Morgan fingerprint density at radius 2 is 2.50 bits per heavy atom. The monoisotopic (exact) mass is 230 g/mol. The maximum atomic E-state index is 11.6. The second-order valence-corrected chi connectivity index (χ2v) is 4.95. The van der Waals surface area contributed by atoms with Crippen molar-refractivity contribution >= 4 is 28.8 Å². The number of carbonyl (C=O) groups is 1. The zero-order chi connectivity index (χ0) is 10.2. The molecule has 1 fully saturated rings. The molecule has 1 aliphatic rings. The highest BCUT2D eigenvalue weighted by atomic mass is 35.5. The molecule has 1 aliphatic carbocycles. The summed E-state index contributed by atoms with van der Waals surface area (Å²) in [7, 11) is 0. The van der Waals surface area contributed by atoms with Crippen LogP contribution in [0.15, 0.2) is 5.38 Å². The second kappa shape index (κ2) is 3.51. The predicted octanol–water partition coefficient (Wildman–Crippen LogP) is 1.95. The van der Waals surface area contributed by atoms with E-state index in [1.165, 1.54) is 11.3 Å². The number of hydrogen-bond acceptors (Lipinski definition) is 3. The van der Waals surface area contributed by atoms with Gasteiger partial charge < -0.3 is 5.32 Å². The van der Waals surface area contributed by atoms with Gasteiger partial charge >= 0.3 is 0 Å². The van der Waals surface area contributed by atoms with Crippen molar-refractivity contribution in [2.24, 2.45) is 0 Å². The summed E-state index contributed by atoms with van der Waals surface area (Å²) in [6.45, 7) is 1.88. The largest absolute Gasteiger partial charge is 0.344 e. The first-order chi connectivity index (χ1) is 6.65. The number of amides is 1. The van der Waals surface area contributed by atoms with E-state index in [2.05, 4.69) is 10.3 Å². The van der Waals surface area contributed by atoms with Crippen LogP contribution in [0.1, 0.15) is 28.3 Å². The van der Waals surface area contributed by atoms with E-state index < -0.39 is 0 Å². The van der Waals surface area contributed by atoms with E-state index in [0.29, 0.717) is 11.6 Å². The smallest absolute Gasteiger partial charge is 0.271 e. The number of thiazole rings is 1. The number of rotatable bonds is 3. The van der Waals surface area contributed by atoms with Crippen LogP contribution in [-0.2, 0) is 0 Å². The van der Waals surface area contributed by atoms with Gasteiger partial charge in [0.2, 0.25) is 0 Å². The van der Waals surface area contributed by atoms with Crippen molar-refractivity contribution in [3.05, 3.63) is 16.1 Å². The second-order valence-electron chi connectivity index (χ2n) is 3.62. The first-order valence-corrected chi connectivity index (χ1v) is 5.87. The number of halogens is 1. The number of alkyl halides is 1. The summed E-state index contributed by atoms with van der Waals surface area (Å²) in [6, 6.07) is 0. The molecular weight excluding hydrogens is 220 g/mol. The van der Waals surface area contributed by atoms with E-state index in [0.717, 1.165) is 17.8 Å². The van der Waals surface area contributed by atoms with E-state index >= 15 is 0 Å². The molecule has 3 nitrogen and oxygen atoms in total. The van der Waals surface area contributed by atoms with Crippen molar-refractivity contribution in [3.8, 4) is 0 Å². The zero-order valence-electron chi connectivity index (χ0n) is 7.84. The van der Waals surface area contributed by atoms with Gasteiger partial charge in [-0.2, -0.15) is 0 Å². The molecule has 14 heavy (non-hydrogen) atoms. The summed E-state index contributed by atoms with van der Waals surface area (Å²) in [5.74, 6) is 0.384. The Bertz CT molecular complexity index is 359. The van der Waals surface area contributed by atoms with Crippen molar-refractivity contribution < 1.29 is 4.79 Å². The summed E-state index contributed by atoms with van der Waals surface area (Å²) < 4.78 is 0. The topological polar surface area (TPSA) is 42.0 Å². The van der Waals surface area contributed by atoms with Gasteiger partial charge in [0, 0.05) is 11.3 Å². The Morgan fingerprint density at radius 3 is 2.93 bits per heavy atom. The fraction of sp³-hybridized carbons (Fsp3) is 0.556. The lowest BCUT2D eigenvalue weighted by molar-refractivity contribution is 0.0931. The average molecular weight is 231 g/mol. The number of hydrogen-bond donors (Lipinski definition) is 1. The molecule has 0 radical (unpaired) electrons. The first-order valence-electron chi connectivity index (χ1n) is 4.46. The summed E-state index contributed by atoms with van der Waals surface area (Å²) in [4.78, 5) is 15.8. The third-order valence-corrected chi connectivity index (χ3v) is 3.62. The molecule has 0 unspecified atom stereocenters. The van der Waals surface area contributed by atoms with E-state index in [-0.39, 0.29) is 11.4 Å². The van der Waals surface area contributed by atoms with Crippen molar-refractivity contribution in [1.29, 1.82) is 0 Å². The van der Waals surface area contributed by atoms with Gasteiger partial charge in [-0.1, -0.05) is 0 Å². The van der Waals surface area contributed by atoms with Gasteiger partial charge in [0.25, 0.3) is 5.91 Å². The Balaban J connectivity index is 2.03.